The second kappa shape index (κ2) is 3.79. The topological polar surface area (TPSA) is 39.1 Å². The molecule has 1 saturated heterocycles. The van der Waals surface area contributed by atoms with Crippen molar-refractivity contribution >= 4 is 0 Å². The zero-order valence-electron chi connectivity index (χ0n) is 7.86. The number of hydrogen-bond donors (Lipinski definition) is 1. The van der Waals surface area contributed by atoms with Crippen molar-refractivity contribution in [3.05, 3.63) is 12.4 Å². The van der Waals surface area contributed by atoms with Gasteiger partial charge in [-0.1, -0.05) is 0 Å². The zero-order chi connectivity index (χ0) is 9.10. The van der Waals surface area contributed by atoms with Crippen LogP contribution in [0.4, 0.5) is 0 Å². The Hall–Kier alpha value is -1.03. The molecule has 0 saturated carbocycles. The van der Waals surface area contributed by atoms with Gasteiger partial charge in [-0.15, -0.1) is 0 Å². The number of nitrogens with zero attached hydrogens (tertiary/aromatic N) is 2. The number of imidazole rings is 1. The van der Waals surface area contributed by atoms with Crippen molar-refractivity contribution in [2.45, 2.75) is 18.9 Å². The molecule has 0 amide bonds. The Morgan fingerprint density at radius 3 is 3.23 bits per heavy atom. The van der Waals surface area contributed by atoms with E-state index in [-0.39, 0.29) is 6.10 Å². The minimum absolute atomic E-state index is 0.287. The maximum Gasteiger partial charge on any atom is 0.296 e. The maximum absolute atomic E-state index is 5.72. The molecule has 1 atom stereocenters. The van der Waals surface area contributed by atoms with E-state index in [1.54, 1.807) is 6.20 Å². The van der Waals surface area contributed by atoms with Crippen LogP contribution in [0, 0.1) is 0 Å². The first kappa shape index (κ1) is 8.56. The largest absolute Gasteiger partial charge is 0.460 e. The molecule has 1 unspecified atom stereocenters. The molecule has 1 aromatic heterocycles. The fourth-order valence-corrected chi connectivity index (χ4v) is 1.53. The Labute approximate surface area is 77.9 Å². The summed E-state index contributed by atoms with van der Waals surface area (Å²) < 4.78 is 7.61. The lowest BCUT2D eigenvalue weighted by molar-refractivity contribution is 0.149. The third-order valence-electron chi connectivity index (χ3n) is 2.30. The molecular weight excluding hydrogens is 166 g/mol. The van der Waals surface area contributed by atoms with E-state index < -0.39 is 0 Å². The van der Waals surface area contributed by atoms with E-state index >= 15 is 0 Å². The van der Waals surface area contributed by atoms with Crippen molar-refractivity contribution in [1.29, 1.82) is 0 Å². The van der Waals surface area contributed by atoms with Crippen LogP contribution in [-0.4, -0.2) is 28.7 Å². The highest BCUT2D eigenvalue weighted by molar-refractivity contribution is 4.98. The molecule has 2 heterocycles. The van der Waals surface area contributed by atoms with Gasteiger partial charge in [-0.25, -0.2) is 4.98 Å². The zero-order valence-corrected chi connectivity index (χ0v) is 7.86. The van der Waals surface area contributed by atoms with Crippen molar-refractivity contribution < 1.29 is 4.74 Å². The molecule has 1 fully saturated rings. The lowest BCUT2D eigenvalue weighted by Gasteiger charge is -2.23. The van der Waals surface area contributed by atoms with E-state index in [0.717, 1.165) is 19.5 Å². The predicted molar refractivity (Wildman–Crippen MR) is 49.7 cm³/mol. The third-order valence-corrected chi connectivity index (χ3v) is 2.30. The van der Waals surface area contributed by atoms with E-state index in [2.05, 4.69) is 10.3 Å². The standard InChI is InChI=1S/C9H15N3O/c1-12-6-5-11-9(12)13-8-3-2-4-10-7-8/h5-6,8,10H,2-4,7H2,1H3. The molecule has 1 aromatic rings. The number of piperidine rings is 1. The van der Waals surface area contributed by atoms with Gasteiger partial charge in [-0.2, -0.15) is 0 Å². The van der Waals surface area contributed by atoms with Crippen LogP contribution in [0.25, 0.3) is 0 Å². The molecule has 0 radical (unpaired) electrons. The first-order valence-corrected chi connectivity index (χ1v) is 4.71. The highest BCUT2D eigenvalue weighted by Gasteiger charge is 2.15. The summed E-state index contributed by atoms with van der Waals surface area (Å²) in [4.78, 5) is 4.12. The van der Waals surface area contributed by atoms with Gasteiger partial charge in [0, 0.05) is 26.0 Å². The summed E-state index contributed by atoms with van der Waals surface area (Å²) in [7, 11) is 1.94. The normalized spacial score (nSPS) is 23.0. The van der Waals surface area contributed by atoms with Crippen LogP contribution in [0.15, 0.2) is 12.4 Å². The number of nitrogens with one attached hydrogen (secondary N) is 1. The molecule has 4 nitrogen and oxygen atoms in total. The minimum Gasteiger partial charge on any atom is -0.460 e. The second-order valence-corrected chi connectivity index (χ2v) is 3.41. The number of ether oxygens (including phenoxy) is 1. The van der Waals surface area contributed by atoms with E-state index in [1.807, 2.05) is 17.8 Å². The molecule has 72 valence electrons. The molecule has 13 heavy (non-hydrogen) atoms. The van der Waals surface area contributed by atoms with E-state index in [4.69, 9.17) is 4.74 Å². The first-order valence-electron chi connectivity index (χ1n) is 4.71. The Morgan fingerprint density at radius 1 is 1.69 bits per heavy atom. The van der Waals surface area contributed by atoms with Gasteiger partial charge < -0.3 is 14.6 Å². The van der Waals surface area contributed by atoms with Crippen molar-refractivity contribution in [1.82, 2.24) is 14.9 Å². The second-order valence-electron chi connectivity index (χ2n) is 3.41. The summed E-state index contributed by atoms with van der Waals surface area (Å²) in [5.41, 5.74) is 0. The molecule has 0 bridgehead atoms. The fourth-order valence-electron chi connectivity index (χ4n) is 1.53. The highest BCUT2D eigenvalue weighted by atomic mass is 16.5. The van der Waals surface area contributed by atoms with Crippen LogP contribution < -0.4 is 10.1 Å². The van der Waals surface area contributed by atoms with Gasteiger partial charge >= 0.3 is 0 Å². The summed E-state index contributed by atoms with van der Waals surface area (Å²) in [6.45, 7) is 2.05. The van der Waals surface area contributed by atoms with Gasteiger partial charge in [0.1, 0.15) is 6.10 Å². The van der Waals surface area contributed by atoms with Gasteiger partial charge in [0.15, 0.2) is 0 Å². The van der Waals surface area contributed by atoms with E-state index in [9.17, 15) is 0 Å². The van der Waals surface area contributed by atoms with Crippen LogP contribution in [-0.2, 0) is 7.05 Å². The number of rotatable bonds is 2. The van der Waals surface area contributed by atoms with Gasteiger partial charge in [0.25, 0.3) is 6.01 Å². The van der Waals surface area contributed by atoms with Gasteiger partial charge in [0.05, 0.1) is 0 Å². The number of aromatic nitrogens is 2. The number of hydrogen-bond acceptors (Lipinski definition) is 3. The minimum atomic E-state index is 0.287. The summed E-state index contributed by atoms with van der Waals surface area (Å²) >= 11 is 0. The van der Waals surface area contributed by atoms with Crippen LogP contribution >= 0.6 is 0 Å². The van der Waals surface area contributed by atoms with Crippen molar-refractivity contribution in [2.75, 3.05) is 13.1 Å². The summed E-state index contributed by atoms with van der Waals surface area (Å²) in [6.07, 6.45) is 6.25. The molecule has 2 rings (SSSR count). The number of aryl methyl sites for hydroxylation is 1. The summed E-state index contributed by atoms with van der Waals surface area (Å²) in [5.74, 6) is 0. The van der Waals surface area contributed by atoms with Crippen LogP contribution in [0.3, 0.4) is 0 Å². The van der Waals surface area contributed by atoms with Gasteiger partial charge in [0.2, 0.25) is 0 Å². The predicted octanol–water partition coefficient (Wildman–Crippen LogP) is 0.551. The average molecular weight is 181 g/mol. The van der Waals surface area contributed by atoms with Gasteiger partial charge in [-0.3, -0.25) is 0 Å². The quantitative estimate of drug-likeness (QED) is 0.724. The van der Waals surface area contributed by atoms with Crippen molar-refractivity contribution in [2.24, 2.45) is 7.05 Å². The highest BCUT2D eigenvalue weighted by Crippen LogP contribution is 2.11. The Morgan fingerprint density at radius 2 is 2.62 bits per heavy atom. The average Bonchev–Trinajstić information content (AvgIpc) is 2.54. The Kier molecular flexibility index (Phi) is 2.49. The first-order chi connectivity index (χ1) is 6.36. The monoisotopic (exact) mass is 181 g/mol. The van der Waals surface area contributed by atoms with E-state index in [1.165, 1.54) is 6.42 Å². The van der Waals surface area contributed by atoms with Crippen molar-refractivity contribution in [3.8, 4) is 6.01 Å². The molecule has 0 aromatic carbocycles. The maximum atomic E-state index is 5.72. The third kappa shape index (κ3) is 2.01. The molecular formula is C9H15N3O. The molecule has 4 heteroatoms. The summed E-state index contributed by atoms with van der Waals surface area (Å²) in [5, 5.41) is 3.30. The fraction of sp³-hybridized carbons (Fsp3) is 0.667. The SMILES string of the molecule is Cn1ccnc1OC1CCCNC1. The van der Waals surface area contributed by atoms with Crippen LogP contribution in [0.1, 0.15) is 12.8 Å². The van der Waals surface area contributed by atoms with Crippen molar-refractivity contribution in [3.63, 3.8) is 0 Å². The lowest BCUT2D eigenvalue weighted by atomic mass is 10.1. The smallest absolute Gasteiger partial charge is 0.296 e. The molecule has 1 aliphatic rings. The molecule has 0 spiro atoms. The van der Waals surface area contributed by atoms with Crippen LogP contribution in [0.2, 0.25) is 0 Å². The Bertz CT molecular complexity index is 266. The molecule has 1 aliphatic heterocycles. The molecule has 0 aliphatic carbocycles. The lowest BCUT2D eigenvalue weighted by Crippen LogP contribution is -2.37. The van der Waals surface area contributed by atoms with Crippen LogP contribution in [0.5, 0.6) is 6.01 Å². The molecule has 1 N–H and O–H groups in total. The van der Waals surface area contributed by atoms with Gasteiger partial charge in [-0.05, 0) is 19.4 Å². The Balaban J connectivity index is 1.93. The summed E-state index contributed by atoms with van der Waals surface area (Å²) in [6, 6.07) is 0.716. The van der Waals surface area contributed by atoms with E-state index in [0.29, 0.717) is 6.01 Å².